The summed E-state index contributed by atoms with van der Waals surface area (Å²) in [5, 5.41) is -0.551. The Bertz CT molecular complexity index is 151. The highest BCUT2D eigenvalue weighted by molar-refractivity contribution is 6.22. The molecule has 0 amide bonds. The Labute approximate surface area is 75.8 Å². The molecule has 70 valence electrons. The Hall–Kier alpha value is -0.770. The lowest BCUT2D eigenvalue weighted by molar-refractivity contribution is -0.142. The number of esters is 2. The van der Waals surface area contributed by atoms with Crippen LogP contribution in [-0.4, -0.2) is 31.5 Å². The van der Waals surface area contributed by atoms with Gasteiger partial charge >= 0.3 is 11.9 Å². The van der Waals surface area contributed by atoms with Gasteiger partial charge in [0.1, 0.15) is 0 Å². The number of methoxy groups -OCH3 is 2. The molecule has 0 unspecified atom stereocenters. The summed E-state index contributed by atoms with van der Waals surface area (Å²) in [6.45, 7) is 0. The number of carbonyl (C=O) groups is 2. The van der Waals surface area contributed by atoms with E-state index in [-0.39, 0.29) is 12.8 Å². The number of halogens is 1. The summed E-state index contributed by atoms with van der Waals surface area (Å²) in [6.07, 6.45) is 0.0420. The highest BCUT2D eigenvalue weighted by atomic mass is 35.5. The van der Waals surface area contributed by atoms with Crippen LogP contribution >= 0.6 is 11.6 Å². The maximum atomic E-state index is 10.6. The molecule has 0 aromatic heterocycles. The van der Waals surface area contributed by atoms with E-state index in [1.807, 2.05) is 0 Å². The fourth-order valence-electron chi connectivity index (χ4n) is 0.601. The predicted octanol–water partition coefficient (Wildman–Crippen LogP) is 0.720. The van der Waals surface area contributed by atoms with Crippen LogP contribution in [0.15, 0.2) is 0 Å². The van der Waals surface area contributed by atoms with Crippen molar-refractivity contribution in [3.05, 3.63) is 0 Å². The van der Waals surface area contributed by atoms with Gasteiger partial charge in [-0.1, -0.05) is 0 Å². The van der Waals surface area contributed by atoms with Gasteiger partial charge in [0.05, 0.1) is 32.4 Å². The predicted molar refractivity (Wildman–Crippen MR) is 42.9 cm³/mol. The average Bonchev–Trinajstić information content (AvgIpc) is 2.03. The molecule has 0 atom stereocenters. The summed E-state index contributed by atoms with van der Waals surface area (Å²) in [7, 11) is 2.54. The maximum Gasteiger partial charge on any atom is 0.307 e. The largest absolute Gasteiger partial charge is 0.469 e. The van der Waals surface area contributed by atoms with Crippen LogP contribution in [0.4, 0.5) is 0 Å². The van der Waals surface area contributed by atoms with E-state index in [0.29, 0.717) is 0 Å². The van der Waals surface area contributed by atoms with Crippen LogP contribution in [0.25, 0.3) is 0 Å². The van der Waals surface area contributed by atoms with Crippen LogP contribution in [0.3, 0.4) is 0 Å². The molecule has 0 saturated carbocycles. The summed E-state index contributed by atoms with van der Waals surface area (Å²) in [6, 6.07) is 0. The van der Waals surface area contributed by atoms with E-state index in [1.54, 1.807) is 0 Å². The summed E-state index contributed by atoms with van der Waals surface area (Å²) < 4.78 is 8.72. The standard InChI is InChI=1S/C7H11ClO4/c1-11-6(9)3-5(8)4-7(10)12-2/h5H,3-4H2,1-2H3. The topological polar surface area (TPSA) is 52.6 Å². The van der Waals surface area contributed by atoms with Crippen molar-refractivity contribution in [3.63, 3.8) is 0 Å². The molecule has 0 spiro atoms. The average molecular weight is 195 g/mol. The highest BCUT2D eigenvalue weighted by Crippen LogP contribution is 2.08. The lowest BCUT2D eigenvalue weighted by Crippen LogP contribution is -2.14. The molecule has 0 bridgehead atoms. The van der Waals surface area contributed by atoms with Crippen molar-refractivity contribution in [3.8, 4) is 0 Å². The quantitative estimate of drug-likeness (QED) is 0.489. The van der Waals surface area contributed by atoms with Crippen LogP contribution in [0.2, 0.25) is 0 Å². The fourth-order valence-corrected chi connectivity index (χ4v) is 0.853. The third-order valence-electron chi connectivity index (χ3n) is 1.23. The summed E-state index contributed by atoms with van der Waals surface area (Å²) in [5.74, 6) is -0.863. The summed E-state index contributed by atoms with van der Waals surface area (Å²) in [4.78, 5) is 21.3. The molecule has 0 radical (unpaired) electrons. The Morgan fingerprint density at radius 3 is 1.75 bits per heavy atom. The summed E-state index contributed by atoms with van der Waals surface area (Å²) >= 11 is 5.63. The van der Waals surface area contributed by atoms with Crippen LogP contribution in [0.1, 0.15) is 12.8 Å². The molecule has 0 fully saturated rings. The molecule has 12 heavy (non-hydrogen) atoms. The van der Waals surface area contributed by atoms with Crippen molar-refractivity contribution in [2.75, 3.05) is 14.2 Å². The van der Waals surface area contributed by atoms with Crippen LogP contribution in [0, 0.1) is 0 Å². The lowest BCUT2D eigenvalue weighted by Gasteiger charge is -2.05. The van der Waals surface area contributed by atoms with Gasteiger partial charge in [-0.25, -0.2) is 0 Å². The van der Waals surface area contributed by atoms with E-state index in [4.69, 9.17) is 11.6 Å². The van der Waals surface area contributed by atoms with Crippen molar-refractivity contribution in [2.24, 2.45) is 0 Å². The first-order chi connectivity index (χ1) is 5.60. The first-order valence-electron chi connectivity index (χ1n) is 3.37. The second-order valence-electron chi connectivity index (χ2n) is 2.16. The molecule has 0 aliphatic heterocycles. The Morgan fingerprint density at radius 2 is 1.50 bits per heavy atom. The molecular formula is C7H11ClO4. The highest BCUT2D eigenvalue weighted by Gasteiger charge is 2.15. The normalized spacial score (nSPS) is 9.67. The smallest absolute Gasteiger partial charge is 0.307 e. The molecular weight excluding hydrogens is 184 g/mol. The molecule has 0 aliphatic rings. The fraction of sp³-hybridized carbons (Fsp3) is 0.714. The first-order valence-corrected chi connectivity index (χ1v) is 3.81. The van der Waals surface area contributed by atoms with Crippen molar-refractivity contribution in [1.82, 2.24) is 0 Å². The SMILES string of the molecule is COC(=O)CC(Cl)CC(=O)OC. The van der Waals surface area contributed by atoms with E-state index in [2.05, 4.69) is 9.47 Å². The van der Waals surface area contributed by atoms with Gasteiger partial charge in [0.15, 0.2) is 0 Å². The lowest BCUT2D eigenvalue weighted by atomic mass is 10.2. The first kappa shape index (κ1) is 11.2. The van der Waals surface area contributed by atoms with Crippen molar-refractivity contribution in [1.29, 1.82) is 0 Å². The van der Waals surface area contributed by atoms with Gasteiger partial charge in [0, 0.05) is 0 Å². The molecule has 0 aliphatic carbocycles. The molecule has 5 heteroatoms. The minimum atomic E-state index is -0.551. The van der Waals surface area contributed by atoms with Crippen LogP contribution < -0.4 is 0 Å². The van der Waals surface area contributed by atoms with Crippen LogP contribution in [0.5, 0.6) is 0 Å². The zero-order chi connectivity index (χ0) is 9.56. The van der Waals surface area contributed by atoms with Crippen molar-refractivity contribution in [2.45, 2.75) is 18.2 Å². The molecule has 0 rings (SSSR count). The van der Waals surface area contributed by atoms with E-state index < -0.39 is 17.3 Å². The zero-order valence-corrected chi connectivity index (χ0v) is 7.76. The molecule has 0 N–H and O–H groups in total. The Morgan fingerprint density at radius 1 is 1.17 bits per heavy atom. The van der Waals surface area contributed by atoms with Crippen molar-refractivity contribution >= 4 is 23.5 Å². The Balaban J connectivity index is 3.66. The molecule has 0 heterocycles. The van der Waals surface area contributed by atoms with E-state index in [0.717, 1.165) is 0 Å². The van der Waals surface area contributed by atoms with Gasteiger partial charge < -0.3 is 9.47 Å². The maximum absolute atomic E-state index is 10.6. The van der Waals surface area contributed by atoms with Gasteiger partial charge in [0.2, 0.25) is 0 Å². The monoisotopic (exact) mass is 194 g/mol. The molecule has 0 aromatic carbocycles. The number of hydrogen-bond acceptors (Lipinski definition) is 4. The number of hydrogen-bond donors (Lipinski definition) is 0. The van der Waals surface area contributed by atoms with Crippen LogP contribution in [-0.2, 0) is 19.1 Å². The zero-order valence-electron chi connectivity index (χ0n) is 7.00. The number of carbonyl (C=O) groups excluding carboxylic acids is 2. The van der Waals surface area contributed by atoms with E-state index in [9.17, 15) is 9.59 Å². The van der Waals surface area contributed by atoms with Crippen molar-refractivity contribution < 1.29 is 19.1 Å². The minimum absolute atomic E-state index is 0.0210. The van der Waals surface area contributed by atoms with Gasteiger partial charge in [-0.05, 0) is 0 Å². The number of rotatable bonds is 4. The minimum Gasteiger partial charge on any atom is -0.469 e. The second kappa shape index (κ2) is 5.83. The van der Waals surface area contributed by atoms with E-state index >= 15 is 0 Å². The Kier molecular flexibility index (Phi) is 5.45. The second-order valence-corrected chi connectivity index (χ2v) is 2.78. The van der Waals surface area contributed by atoms with Gasteiger partial charge in [-0.3, -0.25) is 9.59 Å². The molecule has 0 aromatic rings. The van der Waals surface area contributed by atoms with E-state index in [1.165, 1.54) is 14.2 Å². The number of ether oxygens (including phenoxy) is 2. The van der Waals surface area contributed by atoms with Gasteiger partial charge in [-0.15, -0.1) is 11.6 Å². The van der Waals surface area contributed by atoms with Gasteiger partial charge in [-0.2, -0.15) is 0 Å². The molecule has 4 nitrogen and oxygen atoms in total. The van der Waals surface area contributed by atoms with Gasteiger partial charge in [0.25, 0.3) is 0 Å². The third-order valence-corrected chi connectivity index (χ3v) is 1.54. The molecule has 0 saturated heterocycles. The third kappa shape index (κ3) is 4.96. The summed E-state index contributed by atoms with van der Waals surface area (Å²) in [5.41, 5.74) is 0. The number of alkyl halides is 1.